The number of rotatable bonds is 2. The van der Waals surface area contributed by atoms with Gasteiger partial charge in [-0.1, -0.05) is 0 Å². The highest BCUT2D eigenvalue weighted by atomic mass is 79.9. The van der Waals surface area contributed by atoms with Gasteiger partial charge in [0.2, 0.25) is 0 Å². The van der Waals surface area contributed by atoms with Gasteiger partial charge in [-0.3, -0.25) is 29.6 Å². The molecule has 3 rings (SSSR count). The van der Waals surface area contributed by atoms with Gasteiger partial charge in [-0.15, -0.1) is 11.3 Å². The molecular weight excluding hydrogens is 386 g/mol. The molecule has 0 aliphatic carbocycles. The molecule has 0 saturated carbocycles. The maximum atomic E-state index is 12.1. The number of hydrogen-bond donors (Lipinski definition) is 2. The molecule has 3 aromatic rings. The van der Waals surface area contributed by atoms with Crippen LogP contribution in [0.4, 0.5) is 0 Å². The van der Waals surface area contributed by atoms with E-state index in [0.717, 1.165) is 4.47 Å². The Morgan fingerprint density at radius 3 is 2.74 bits per heavy atom. The molecular formula is C13H10BrN5O3S. The molecule has 10 heteroatoms. The van der Waals surface area contributed by atoms with Gasteiger partial charge >= 0.3 is 0 Å². The van der Waals surface area contributed by atoms with Crippen LogP contribution in [0.15, 0.2) is 39.3 Å². The maximum absolute atomic E-state index is 12.1. The summed E-state index contributed by atoms with van der Waals surface area (Å²) in [7, 11) is 1.70. The van der Waals surface area contributed by atoms with E-state index in [2.05, 4.69) is 31.8 Å². The third kappa shape index (κ3) is 2.90. The van der Waals surface area contributed by atoms with E-state index in [9.17, 15) is 14.4 Å². The summed E-state index contributed by atoms with van der Waals surface area (Å²) < 4.78 is 3.61. The number of fused-ring (bicyclic) bond motifs is 1. The van der Waals surface area contributed by atoms with Gasteiger partial charge < -0.3 is 4.57 Å². The van der Waals surface area contributed by atoms with Crippen LogP contribution in [0.1, 0.15) is 20.8 Å². The zero-order chi connectivity index (χ0) is 16.6. The number of carbonyl (C=O) groups is 2. The second-order valence-electron chi connectivity index (χ2n) is 4.60. The highest BCUT2D eigenvalue weighted by Crippen LogP contribution is 2.13. The van der Waals surface area contributed by atoms with Crippen molar-refractivity contribution in [2.75, 3.05) is 0 Å². The van der Waals surface area contributed by atoms with Crippen molar-refractivity contribution < 1.29 is 9.59 Å². The summed E-state index contributed by atoms with van der Waals surface area (Å²) in [5, 5.41) is 1.69. The Labute approximate surface area is 141 Å². The van der Waals surface area contributed by atoms with E-state index >= 15 is 0 Å². The Morgan fingerprint density at radius 1 is 1.30 bits per heavy atom. The summed E-state index contributed by atoms with van der Waals surface area (Å²) in [4.78, 5) is 40.7. The standard InChI is InChI=1S/C13H10BrN5O3S/c1-18-6-7(14)4-9(18)11(21)17-16-10(20)8-5-15-13-19(12(8)22)2-3-23-13/h2-6H,1H3,(H,16,20)(H,17,21). The summed E-state index contributed by atoms with van der Waals surface area (Å²) >= 11 is 4.54. The number of hydrazine groups is 1. The number of aryl methyl sites for hydroxylation is 1. The number of hydrogen-bond acceptors (Lipinski definition) is 5. The highest BCUT2D eigenvalue weighted by molar-refractivity contribution is 9.10. The van der Waals surface area contributed by atoms with Crippen LogP contribution in [0.25, 0.3) is 4.96 Å². The summed E-state index contributed by atoms with van der Waals surface area (Å²) in [5.74, 6) is -1.24. The second kappa shape index (κ2) is 5.97. The molecule has 118 valence electrons. The van der Waals surface area contributed by atoms with Gasteiger partial charge in [0.05, 0.1) is 0 Å². The Balaban J connectivity index is 1.76. The minimum atomic E-state index is -0.732. The number of amides is 2. The first-order valence-electron chi connectivity index (χ1n) is 6.35. The topological polar surface area (TPSA) is 97.5 Å². The molecule has 3 aromatic heterocycles. The van der Waals surface area contributed by atoms with Crippen molar-refractivity contribution in [2.24, 2.45) is 7.05 Å². The molecule has 0 spiro atoms. The van der Waals surface area contributed by atoms with Gasteiger partial charge in [-0.25, -0.2) is 4.98 Å². The molecule has 0 atom stereocenters. The lowest BCUT2D eigenvalue weighted by Crippen LogP contribution is -2.44. The number of nitrogens with one attached hydrogen (secondary N) is 2. The summed E-state index contributed by atoms with van der Waals surface area (Å²) in [6, 6.07) is 1.61. The van der Waals surface area contributed by atoms with Gasteiger partial charge in [-0.2, -0.15) is 0 Å². The van der Waals surface area contributed by atoms with Gasteiger partial charge in [0.1, 0.15) is 11.3 Å². The van der Waals surface area contributed by atoms with Crippen molar-refractivity contribution in [1.29, 1.82) is 0 Å². The molecule has 0 aromatic carbocycles. The fourth-order valence-corrected chi connectivity index (χ4v) is 3.17. The molecule has 0 aliphatic heterocycles. The van der Waals surface area contributed by atoms with Crippen molar-refractivity contribution in [3.8, 4) is 0 Å². The van der Waals surface area contributed by atoms with Crippen molar-refractivity contribution in [3.63, 3.8) is 0 Å². The number of aromatic nitrogens is 3. The van der Waals surface area contributed by atoms with Crippen LogP contribution in [0, 0.1) is 0 Å². The van der Waals surface area contributed by atoms with Crippen LogP contribution >= 0.6 is 27.3 Å². The molecule has 23 heavy (non-hydrogen) atoms. The SMILES string of the molecule is Cn1cc(Br)cc1C(=O)NNC(=O)c1cnc2sccn2c1=O. The summed E-state index contributed by atoms with van der Waals surface area (Å²) in [5.41, 5.74) is 4.18. The van der Waals surface area contributed by atoms with E-state index in [1.807, 2.05) is 0 Å². The monoisotopic (exact) mass is 395 g/mol. The third-order valence-corrected chi connectivity index (χ3v) is 4.29. The van der Waals surface area contributed by atoms with Crippen molar-refractivity contribution in [1.82, 2.24) is 24.8 Å². The van der Waals surface area contributed by atoms with E-state index in [4.69, 9.17) is 0 Å². The molecule has 3 heterocycles. The minimum Gasteiger partial charge on any atom is -0.345 e. The largest absolute Gasteiger partial charge is 0.345 e. The smallest absolute Gasteiger partial charge is 0.286 e. The van der Waals surface area contributed by atoms with Crippen LogP contribution in [0.3, 0.4) is 0 Å². The Morgan fingerprint density at radius 2 is 2.04 bits per heavy atom. The van der Waals surface area contributed by atoms with Gasteiger partial charge in [0, 0.05) is 35.5 Å². The molecule has 8 nitrogen and oxygen atoms in total. The quantitative estimate of drug-likeness (QED) is 0.630. The predicted molar refractivity (Wildman–Crippen MR) is 87.4 cm³/mol. The van der Waals surface area contributed by atoms with Crippen LogP contribution in [0.2, 0.25) is 0 Å². The predicted octanol–water partition coefficient (Wildman–Crippen LogP) is 0.932. The lowest BCUT2D eigenvalue weighted by molar-refractivity contribution is 0.0841. The van der Waals surface area contributed by atoms with Crippen molar-refractivity contribution in [2.45, 2.75) is 0 Å². The second-order valence-corrected chi connectivity index (χ2v) is 6.38. The molecule has 0 saturated heterocycles. The molecule has 2 N–H and O–H groups in total. The van der Waals surface area contributed by atoms with E-state index in [1.54, 1.807) is 29.3 Å². The van der Waals surface area contributed by atoms with E-state index < -0.39 is 17.4 Å². The van der Waals surface area contributed by atoms with Crippen molar-refractivity contribution >= 4 is 44.0 Å². The lowest BCUT2D eigenvalue weighted by Gasteiger charge is -2.07. The molecule has 2 amide bonds. The average molecular weight is 396 g/mol. The zero-order valence-corrected chi connectivity index (χ0v) is 14.1. The van der Waals surface area contributed by atoms with Crippen LogP contribution < -0.4 is 16.4 Å². The Bertz CT molecular complexity index is 974. The highest BCUT2D eigenvalue weighted by Gasteiger charge is 2.16. The number of thiazole rings is 1. The first kappa shape index (κ1) is 15.4. The summed E-state index contributed by atoms with van der Waals surface area (Å²) in [6.07, 6.45) is 4.43. The zero-order valence-electron chi connectivity index (χ0n) is 11.7. The normalized spacial score (nSPS) is 10.7. The fourth-order valence-electron chi connectivity index (χ4n) is 1.98. The van der Waals surface area contributed by atoms with Crippen LogP contribution in [0.5, 0.6) is 0 Å². The first-order valence-corrected chi connectivity index (χ1v) is 8.02. The summed E-state index contributed by atoms with van der Waals surface area (Å²) in [6.45, 7) is 0. The van der Waals surface area contributed by atoms with E-state index in [1.165, 1.54) is 28.1 Å². The fraction of sp³-hybridized carbons (Fsp3) is 0.0769. The Kier molecular flexibility index (Phi) is 4.01. The van der Waals surface area contributed by atoms with Gasteiger partial charge in [0.15, 0.2) is 4.96 Å². The Hall–Kier alpha value is -2.46. The molecule has 0 fully saturated rings. The van der Waals surface area contributed by atoms with Crippen molar-refractivity contribution in [3.05, 3.63) is 56.1 Å². The van der Waals surface area contributed by atoms with Crippen LogP contribution in [-0.4, -0.2) is 25.8 Å². The number of nitrogens with zero attached hydrogens (tertiary/aromatic N) is 3. The number of carbonyl (C=O) groups excluding carboxylic acids is 2. The molecule has 0 aliphatic rings. The van der Waals surface area contributed by atoms with E-state index in [0.29, 0.717) is 10.7 Å². The van der Waals surface area contributed by atoms with E-state index in [-0.39, 0.29) is 5.56 Å². The number of halogens is 1. The lowest BCUT2D eigenvalue weighted by atomic mass is 10.3. The molecule has 0 radical (unpaired) electrons. The molecule has 0 unspecified atom stereocenters. The average Bonchev–Trinajstić information content (AvgIpc) is 3.11. The van der Waals surface area contributed by atoms with Gasteiger partial charge in [-0.05, 0) is 22.0 Å². The first-order chi connectivity index (χ1) is 11.0. The maximum Gasteiger partial charge on any atom is 0.286 e. The minimum absolute atomic E-state index is 0.158. The van der Waals surface area contributed by atoms with Gasteiger partial charge in [0.25, 0.3) is 17.4 Å². The molecule has 0 bridgehead atoms. The third-order valence-electron chi connectivity index (χ3n) is 3.08. The van der Waals surface area contributed by atoms with Crippen LogP contribution in [-0.2, 0) is 7.05 Å².